The van der Waals surface area contributed by atoms with Crippen LogP contribution in [0.25, 0.3) is 0 Å². The van der Waals surface area contributed by atoms with Crippen LogP contribution in [0, 0.1) is 0 Å². The number of nitrogens with one attached hydrogen (secondary N) is 2. The summed E-state index contributed by atoms with van der Waals surface area (Å²) in [7, 11) is 0. The SMILES string of the molecule is CCN1CCNC(=O)[C@H]1CC(=O)NCc1nc(Cc2cccs2)no1. The summed E-state index contributed by atoms with van der Waals surface area (Å²) >= 11 is 1.63. The van der Waals surface area contributed by atoms with Crippen molar-refractivity contribution in [2.75, 3.05) is 19.6 Å². The van der Waals surface area contributed by atoms with Crippen LogP contribution >= 0.6 is 11.3 Å². The van der Waals surface area contributed by atoms with E-state index in [2.05, 4.69) is 20.8 Å². The Morgan fingerprint density at radius 1 is 1.56 bits per heavy atom. The molecule has 0 unspecified atom stereocenters. The van der Waals surface area contributed by atoms with E-state index in [0.29, 0.717) is 24.7 Å². The molecule has 25 heavy (non-hydrogen) atoms. The third kappa shape index (κ3) is 4.64. The lowest BCUT2D eigenvalue weighted by Crippen LogP contribution is -2.56. The Hall–Kier alpha value is -2.26. The fourth-order valence-corrected chi connectivity index (χ4v) is 3.49. The van der Waals surface area contributed by atoms with Gasteiger partial charge in [-0.2, -0.15) is 4.98 Å². The summed E-state index contributed by atoms with van der Waals surface area (Å²) in [6, 6.07) is 3.56. The average molecular weight is 363 g/mol. The topological polar surface area (TPSA) is 100 Å². The monoisotopic (exact) mass is 363 g/mol. The fourth-order valence-electron chi connectivity index (χ4n) is 2.79. The summed E-state index contributed by atoms with van der Waals surface area (Å²) in [5.41, 5.74) is 0. The standard InChI is InChI=1S/C16H21N5O3S/c1-2-21-6-5-17-16(23)12(21)9-14(22)18-10-15-19-13(20-24-15)8-11-4-3-7-25-11/h3-4,7,12H,2,5-6,8-10H2,1H3,(H,17,23)(H,18,22)/t12-/m1/s1. The van der Waals surface area contributed by atoms with Gasteiger partial charge in [-0.25, -0.2) is 0 Å². The molecule has 9 heteroatoms. The molecule has 8 nitrogen and oxygen atoms in total. The number of nitrogens with zero attached hydrogens (tertiary/aromatic N) is 3. The number of carbonyl (C=O) groups is 2. The molecule has 1 aliphatic rings. The lowest BCUT2D eigenvalue weighted by molar-refractivity contribution is -0.133. The second-order valence-electron chi connectivity index (χ2n) is 5.78. The zero-order valence-electron chi connectivity index (χ0n) is 14.0. The number of aromatic nitrogens is 2. The predicted molar refractivity (Wildman–Crippen MR) is 91.9 cm³/mol. The Morgan fingerprint density at radius 2 is 2.44 bits per heavy atom. The summed E-state index contributed by atoms with van der Waals surface area (Å²) in [6.45, 7) is 4.27. The van der Waals surface area contributed by atoms with Gasteiger partial charge in [-0.1, -0.05) is 18.1 Å². The third-order valence-corrected chi connectivity index (χ3v) is 4.96. The van der Waals surface area contributed by atoms with Gasteiger partial charge in [0.1, 0.15) is 0 Å². The van der Waals surface area contributed by atoms with Gasteiger partial charge in [0.25, 0.3) is 0 Å². The lowest BCUT2D eigenvalue weighted by Gasteiger charge is -2.33. The number of thiophene rings is 1. The van der Waals surface area contributed by atoms with E-state index in [1.807, 2.05) is 29.3 Å². The Labute approximate surface area is 149 Å². The summed E-state index contributed by atoms with van der Waals surface area (Å²) in [5, 5.41) is 11.5. The van der Waals surface area contributed by atoms with Gasteiger partial charge < -0.3 is 15.2 Å². The molecular weight excluding hydrogens is 342 g/mol. The normalized spacial score (nSPS) is 18.1. The largest absolute Gasteiger partial charge is 0.353 e. The van der Waals surface area contributed by atoms with Crippen molar-refractivity contribution >= 4 is 23.2 Å². The highest BCUT2D eigenvalue weighted by Crippen LogP contribution is 2.13. The first-order chi connectivity index (χ1) is 12.2. The molecule has 1 aliphatic heterocycles. The van der Waals surface area contributed by atoms with Crippen LogP contribution in [0.3, 0.4) is 0 Å². The van der Waals surface area contributed by atoms with Crippen LogP contribution in [0.2, 0.25) is 0 Å². The second kappa shape index (κ2) is 8.21. The van der Waals surface area contributed by atoms with E-state index < -0.39 is 6.04 Å². The van der Waals surface area contributed by atoms with Gasteiger partial charge >= 0.3 is 0 Å². The van der Waals surface area contributed by atoms with Gasteiger partial charge in [0.05, 0.1) is 19.0 Å². The molecule has 1 atom stereocenters. The van der Waals surface area contributed by atoms with Gasteiger partial charge in [0, 0.05) is 24.4 Å². The molecule has 2 aromatic heterocycles. The molecule has 1 saturated heterocycles. The van der Waals surface area contributed by atoms with E-state index >= 15 is 0 Å². The lowest BCUT2D eigenvalue weighted by atomic mass is 10.1. The minimum Gasteiger partial charge on any atom is -0.353 e. The van der Waals surface area contributed by atoms with E-state index in [1.54, 1.807) is 11.3 Å². The second-order valence-corrected chi connectivity index (χ2v) is 6.81. The zero-order valence-corrected chi connectivity index (χ0v) is 14.8. The third-order valence-electron chi connectivity index (χ3n) is 4.09. The number of hydrogen-bond donors (Lipinski definition) is 2. The number of rotatable bonds is 7. The van der Waals surface area contributed by atoms with Crippen molar-refractivity contribution in [2.45, 2.75) is 32.4 Å². The van der Waals surface area contributed by atoms with Gasteiger partial charge in [-0.15, -0.1) is 11.3 Å². The Balaban J connectivity index is 1.48. The fraction of sp³-hybridized carbons (Fsp3) is 0.500. The molecule has 2 amide bonds. The number of likely N-dealkylation sites (N-methyl/N-ethyl adjacent to an activating group) is 1. The first-order valence-corrected chi connectivity index (χ1v) is 9.16. The van der Waals surface area contributed by atoms with Crippen molar-refractivity contribution in [3.8, 4) is 0 Å². The van der Waals surface area contributed by atoms with Crippen LogP contribution in [-0.2, 0) is 22.6 Å². The quantitative estimate of drug-likeness (QED) is 0.745. The van der Waals surface area contributed by atoms with Crippen molar-refractivity contribution in [2.24, 2.45) is 0 Å². The summed E-state index contributed by atoms with van der Waals surface area (Å²) in [5.74, 6) is 0.647. The zero-order chi connectivity index (χ0) is 17.6. The summed E-state index contributed by atoms with van der Waals surface area (Å²) in [4.78, 5) is 31.5. The highest BCUT2D eigenvalue weighted by Gasteiger charge is 2.30. The van der Waals surface area contributed by atoms with Gasteiger partial charge in [-0.3, -0.25) is 14.5 Å². The molecule has 3 rings (SSSR count). The van der Waals surface area contributed by atoms with Gasteiger partial charge in [-0.05, 0) is 18.0 Å². The van der Waals surface area contributed by atoms with Crippen LogP contribution in [0.1, 0.15) is 29.9 Å². The van der Waals surface area contributed by atoms with Crippen molar-refractivity contribution in [1.82, 2.24) is 25.7 Å². The molecule has 0 aromatic carbocycles. The van der Waals surface area contributed by atoms with Crippen LogP contribution in [-0.4, -0.2) is 52.5 Å². The van der Waals surface area contributed by atoms with E-state index in [9.17, 15) is 9.59 Å². The molecule has 2 aromatic rings. The highest BCUT2D eigenvalue weighted by molar-refractivity contribution is 7.09. The molecule has 0 spiro atoms. The molecule has 3 heterocycles. The maximum Gasteiger partial charge on any atom is 0.246 e. The van der Waals surface area contributed by atoms with E-state index in [0.717, 1.165) is 18.0 Å². The molecule has 1 fully saturated rings. The molecule has 2 N–H and O–H groups in total. The summed E-state index contributed by atoms with van der Waals surface area (Å²) in [6.07, 6.45) is 0.735. The van der Waals surface area contributed by atoms with Crippen molar-refractivity contribution in [3.63, 3.8) is 0 Å². The average Bonchev–Trinajstić information content (AvgIpc) is 3.27. The first-order valence-electron chi connectivity index (χ1n) is 8.28. The smallest absolute Gasteiger partial charge is 0.246 e. The maximum atomic E-state index is 12.1. The van der Waals surface area contributed by atoms with Crippen LogP contribution in [0.5, 0.6) is 0 Å². The molecule has 0 radical (unpaired) electrons. The minimum atomic E-state index is -0.421. The Kier molecular flexibility index (Phi) is 5.77. The van der Waals surface area contributed by atoms with Gasteiger partial charge in [0.15, 0.2) is 5.82 Å². The predicted octanol–water partition coefficient (Wildman–Crippen LogP) is 0.549. The van der Waals surface area contributed by atoms with Gasteiger partial charge in [0.2, 0.25) is 17.7 Å². The summed E-state index contributed by atoms with van der Waals surface area (Å²) < 4.78 is 5.16. The number of hydrogen-bond acceptors (Lipinski definition) is 7. The molecule has 0 saturated carbocycles. The minimum absolute atomic E-state index is 0.0979. The first kappa shape index (κ1) is 17.6. The van der Waals surface area contributed by atoms with Crippen LogP contribution < -0.4 is 10.6 Å². The number of piperazine rings is 1. The highest BCUT2D eigenvalue weighted by atomic mass is 32.1. The van der Waals surface area contributed by atoms with Crippen molar-refractivity contribution in [3.05, 3.63) is 34.1 Å². The Morgan fingerprint density at radius 3 is 3.20 bits per heavy atom. The van der Waals surface area contributed by atoms with E-state index in [-0.39, 0.29) is 24.8 Å². The van der Waals surface area contributed by atoms with E-state index in [4.69, 9.17) is 4.52 Å². The Bertz CT molecular complexity index is 715. The number of carbonyl (C=O) groups excluding carboxylic acids is 2. The number of amides is 2. The molecule has 0 bridgehead atoms. The van der Waals surface area contributed by atoms with Crippen molar-refractivity contribution < 1.29 is 14.1 Å². The van der Waals surface area contributed by atoms with Crippen molar-refractivity contribution in [1.29, 1.82) is 0 Å². The molecule has 0 aliphatic carbocycles. The molecule has 134 valence electrons. The van der Waals surface area contributed by atoms with Crippen LogP contribution in [0.4, 0.5) is 0 Å². The van der Waals surface area contributed by atoms with E-state index in [1.165, 1.54) is 0 Å². The molecular formula is C16H21N5O3S. The van der Waals surface area contributed by atoms with Crippen LogP contribution in [0.15, 0.2) is 22.0 Å². The maximum absolute atomic E-state index is 12.1.